The van der Waals surface area contributed by atoms with Crippen molar-refractivity contribution in [3.05, 3.63) is 57.9 Å². The molecular weight excluding hydrogens is 360 g/mol. The second-order valence-corrected chi connectivity index (χ2v) is 6.22. The number of nitrogens with zero attached hydrogens (tertiary/aromatic N) is 1. The molecule has 0 aliphatic carbocycles. The summed E-state index contributed by atoms with van der Waals surface area (Å²) in [5.74, 6) is 3.05. The van der Waals surface area contributed by atoms with Crippen LogP contribution in [0.4, 0.5) is 0 Å². The van der Waals surface area contributed by atoms with Crippen LogP contribution in [0, 0.1) is 0 Å². The maximum Gasteiger partial charge on any atom is 0.258 e. The van der Waals surface area contributed by atoms with Gasteiger partial charge in [-0.1, -0.05) is 12.1 Å². The van der Waals surface area contributed by atoms with Crippen LogP contribution in [-0.4, -0.2) is 30.8 Å². The van der Waals surface area contributed by atoms with Gasteiger partial charge in [-0.15, -0.1) is 0 Å². The van der Waals surface area contributed by atoms with Gasteiger partial charge in [-0.2, -0.15) is 4.98 Å². The summed E-state index contributed by atoms with van der Waals surface area (Å²) in [5, 5.41) is 0. The second kappa shape index (κ2) is 7.26. The lowest BCUT2D eigenvalue weighted by molar-refractivity contribution is 0.315. The molecule has 3 aromatic rings. The molecule has 2 aromatic carbocycles. The zero-order valence-electron chi connectivity index (χ0n) is 15.9. The number of nitrogens with one attached hydrogen (secondary N) is 1. The Bertz CT molecular complexity index is 1090. The maximum atomic E-state index is 12.7. The Kier molecular flexibility index (Phi) is 4.65. The van der Waals surface area contributed by atoms with E-state index in [9.17, 15) is 4.79 Å². The molecule has 1 aliphatic heterocycles. The van der Waals surface area contributed by atoms with Crippen molar-refractivity contribution in [3.63, 3.8) is 0 Å². The highest BCUT2D eigenvalue weighted by atomic mass is 16.5. The first-order chi connectivity index (χ1) is 13.6. The Morgan fingerprint density at radius 3 is 2.75 bits per heavy atom. The molecule has 144 valence electrons. The Hall–Kier alpha value is -3.48. The number of H-pyrrole nitrogens is 1. The Labute approximate surface area is 161 Å². The van der Waals surface area contributed by atoms with E-state index in [0.29, 0.717) is 53.0 Å². The van der Waals surface area contributed by atoms with E-state index in [-0.39, 0.29) is 11.4 Å². The van der Waals surface area contributed by atoms with Crippen LogP contribution >= 0.6 is 0 Å². The quantitative estimate of drug-likeness (QED) is 0.570. The molecule has 7 heteroatoms. The highest BCUT2D eigenvalue weighted by Gasteiger charge is 2.25. The minimum absolute atomic E-state index is 0.245. The summed E-state index contributed by atoms with van der Waals surface area (Å²) in [7, 11) is 3.13. The smallest absolute Gasteiger partial charge is 0.258 e. The average molecular weight is 380 g/mol. The zero-order valence-corrected chi connectivity index (χ0v) is 15.9. The monoisotopic (exact) mass is 380 g/mol. The third kappa shape index (κ3) is 3.05. The highest BCUT2D eigenvalue weighted by Crippen LogP contribution is 2.41. The first kappa shape index (κ1) is 17.9. The Morgan fingerprint density at radius 1 is 1.14 bits per heavy atom. The van der Waals surface area contributed by atoms with Gasteiger partial charge in [0.25, 0.3) is 5.56 Å². The van der Waals surface area contributed by atoms with Gasteiger partial charge in [0.1, 0.15) is 17.3 Å². The molecule has 2 heterocycles. The van der Waals surface area contributed by atoms with Crippen LogP contribution in [0.2, 0.25) is 0 Å². The summed E-state index contributed by atoms with van der Waals surface area (Å²) in [4.78, 5) is 20.1. The van der Waals surface area contributed by atoms with E-state index >= 15 is 0 Å². The van der Waals surface area contributed by atoms with Gasteiger partial charge in [-0.05, 0) is 25.1 Å². The van der Waals surface area contributed by atoms with E-state index < -0.39 is 0 Å². The molecule has 0 spiro atoms. The summed E-state index contributed by atoms with van der Waals surface area (Å²) in [5.41, 5.74) is 1.76. The maximum absolute atomic E-state index is 12.7. The van der Waals surface area contributed by atoms with E-state index in [0.717, 1.165) is 5.56 Å². The van der Waals surface area contributed by atoms with Gasteiger partial charge in [-0.3, -0.25) is 4.79 Å². The lowest BCUT2D eigenvalue weighted by atomic mass is 10.0. The topological polar surface area (TPSA) is 82.7 Å². The minimum Gasteiger partial charge on any atom is -0.497 e. The number of rotatable bonds is 5. The van der Waals surface area contributed by atoms with Crippen molar-refractivity contribution in [2.45, 2.75) is 13.3 Å². The van der Waals surface area contributed by atoms with Gasteiger partial charge in [0.05, 0.1) is 32.0 Å². The summed E-state index contributed by atoms with van der Waals surface area (Å²) in [6.07, 6.45) is 0.425. The molecule has 4 rings (SSSR count). The number of benzene rings is 2. The minimum atomic E-state index is -0.245. The number of para-hydroxylation sites is 1. The number of ether oxygens (including phenoxy) is 4. The first-order valence-electron chi connectivity index (χ1n) is 8.92. The molecule has 1 aliphatic rings. The second-order valence-electron chi connectivity index (χ2n) is 6.22. The van der Waals surface area contributed by atoms with E-state index in [2.05, 4.69) is 9.97 Å². The van der Waals surface area contributed by atoms with Gasteiger partial charge >= 0.3 is 0 Å². The van der Waals surface area contributed by atoms with Crippen LogP contribution in [0.15, 0.2) is 41.2 Å². The normalized spacial score (nSPS) is 11.8. The molecular formula is C21H20N2O5. The van der Waals surface area contributed by atoms with Crippen LogP contribution in [0.1, 0.15) is 18.1 Å². The molecule has 0 saturated carbocycles. The van der Waals surface area contributed by atoms with Crippen LogP contribution in [0.3, 0.4) is 0 Å². The molecule has 0 atom stereocenters. The lowest BCUT2D eigenvalue weighted by Gasteiger charge is -2.21. The summed E-state index contributed by atoms with van der Waals surface area (Å²) < 4.78 is 22.3. The predicted octanol–water partition coefficient (Wildman–Crippen LogP) is 3.55. The molecule has 0 radical (unpaired) electrons. The molecule has 0 fully saturated rings. The molecule has 7 nitrogen and oxygen atoms in total. The lowest BCUT2D eigenvalue weighted by Crippen LogP contribution is -2.20. The van der Waals surface area contributed by atoms with Gasteiger partial charge < -0.3 is 23.9 Å². The number of aromatic nitrogens is 2. The van der Waals surface area contributed by atoms with Crippen molar-refractivity contribution >= 4 is 0 Å². The fraction of sp³-hybridized carbons (Fsp3) is 0.238. The third-order valence-corrected chi connectivity index (χ3v) is 4.57. The average Bonchev–Trinajstić information content (AvgIpc) is 2.72. The largest absolute Gasteiger partial charge is 0.497 e. The Morgan fingerprint density at radius 2 is 2.00 bits per heavy atom. The molecule has 0 amide bonds. The number of methoxy groups -OCH3 is 2. The summed E-state index contributed by atoms with van der Waals surface area (Å²) in [6, 6.07) is 10.9. The van der Waals surface area contributed by atoms with Gasteiger partial charge in [0.2, 0.25) is 5.88 Å². The standard InChI is InChI=1S/C21H20N2O5/c1-4-27-16-7-5-6-12-10-15-20(24)22-19(23-21(15)28-18(12)16)14-9-8-13(25-2)11-17(14)26-3/h5-9,11H,4,10H2,1-3H3,(H,22,23,24). The van der Waals surface area contributed by atoms with Crippen molar-refractivity contribution in [1.29, 1.82) is 0 Å². The van der Waals surface area contributed by atoms with Crippen LogP contribution in [0.25, 0.3) is 11.4 Å². The van der Waals surface area contributed by atoms with E-state index in [4.69, 9.17) is 18.9 Å². The van der Waals surface area contributed by atoms with Crippen molar-refractivity contribution < 1.29 is 18.9 Å². The summed E-state index contributed by atoms with van der Waals surface area (Å²) >= 11 is 0. The van der Waals surface area contributed by atoms with Gasteiger partial charge in [-0.25, -0.2) is 0 Å². The van der Waals surface area contributed by atoms with Gasteiger partial charge in [0, 0.05) is 18.1 Å². The van der Waals surface area contributed by atoms with Crippen LogP contribution in [-0.2, 0) is 6.42 Å². The number of hydrogen-bond acceptors (Lipinski definition) is 6. The number of hydrogen-bond donors (Lipinski definition) is 1. The molecule has 0 bridgehead atoms. The number of fused-ring (bicyclic) bond motifs is 2. The van der Waals surface area contributed by atoms with Crippen molar-refractivity contribution in [2.24, 2.45) is 0 Å². The van der Waals surface area contributed by atoms with E-state index in [1.165, 1.54) is 0 Å². The third-order valence-electron chi connectivity index (χ3n) is 4.57. The van der Waals surface area contributed by atoms with E-state index in [1.807, 2.05) is 25.1 Å². The fourth-order valence-corrected chi connectivity index (χ4v) is 3.21. The molecule has 1 N–H and O–H groups in total. The Balaban J connectivity index is 1.80. The van der Waals surface area contributed by atoms with Gasteiger partial charge in [0.15, 0.2) is 11.5 Å². The summed E-state index contributed by atoms with van der Waals surface area (Å²) in [6.45, 7) is 2.43. The van der Waals surface area contributed by atoms with Crippen molar-refractivity contribution in [3.8, 4) is 40.3 Å². The van der Waals surface area contributed by atoms with Crippen LogP contribution < -0.4 is 24.5 Å². The predicted molar refractivity (Wildman–Crippen MR) is 104 cm³/mol. The highest BCUT2D eigenvalue weighted by molar-refractivity contribution is 5.67. The van der Waals surface area contributed by atoms with Crippen molar-refractivity contribution in [2.75, 3.05) is 20.8 Å². The number of aromatic amines is 1. The molecule has 0 unspecified atom stereocenters. The molecule has 28 heavy (non-hydrogen) atoms. The SMILES string of the molecule is CCOc1cccc2c1Oc1nc(-c3ccc(OC)cc3OC)[nH]c(=O)c1C2. The molecule has 1 aromatic heterocycles. The molecule has 0 saturated heterocycles. The van der Waals surface area contributed by atoms with Crippen molar-refractivity contribution in [1.82, 2.24) is 9.97 Å². The zero-order chi connectivity index (χ0) is 19.7. The van der Waals surface area contributed by atoms with Crippen LogP contribution in [0.5, 0.6) is 28.9 Å². The fourth-order valence-electron chi connectivity index (χ4n) is 3.21. The van der Waals surface area contributed by atoms with E-state index in [1.54, 1.807) is 32.4 Å². The first-order valence-corrected chi connectivity index (χ1v) is 8.92.